The predicted molar refractivity (Wildman–Crippen MR) is 83.0 cm³/mol. The van der Waals surface area contributed by atoms with Gasteiger partial charge < -0.3 is 5.32 Å². The predicted octanol–water partition coefficient (Wildman–Crippen LogP) is 4.06. The van der Waals surface area contributed by atoms with Crippen LogP contribution in [0.5, 0.6) is 0 Å². The van der Waals surface area contributed by atoms with Crippen LogP contribution in [0.4, 0.5) is 10.1 Å². The first-order valence-electron chi connectivity index (χ1n) is 6.29. The highest BCUT2D eigenvalue weighted by Crippen LogP contribution is 2.29. The van der Waals surface area contributed by atoms with E-state index in [1.165, 1.54) is 24.3 Å². The molecule has 1 unspecified atom stereocenters. The van der Waals surface area contributed by atoms with E-state index < -0.39 is 15.7 Å². The number of nitrogens with one attached hydrogen (secondary N) is 1. The van der Waals surface area contributed by atoms with Gasteiger partial charge in [0.25, 0.3) is 0 Å². The van der Waals surface area contributed by atoms with Crippen molar-refractivity contribution in [3.8, 4) is 0 Å². The Labute approximate surface area is 128 Å². The maximum absolute atomic E-state index is 13.7. The van der Waals surface area contributed by atoms with Crippen molar-refractivity contribution in [1.29, 1.82) is 0 Å². The summed E-state index contributed by atoms with van der Waals surface area (Å²) in [6.07, 6.45) is 1.16. The number of para-hydroxylation sites is 1. The van der Waals surface area contributed by atoms with Gasteiger partial charge in [-0.05, 0) is 36.8 Å². The Morgan fingerprint density at radius 1 is 1.14 bits per heavy atom. The van der Waals surface area contributed by atoms with E-state index in [-0.39, 0.29) is 16.6 Å². The largest absolute Gasteiger partial charge is 0.375 e. The van der Waals surface area contributed by atoms with Crippen LogP contribution in [0.1, 0.15) is 18.5 Å². The third kappa shape index (κ3) is 3.74. The van der Waals surface area contributed by atoms with E-state index in [1.54, 1.807) is 18.2 Å². The molecule has 0 saturated heterocycles. The molecule has 0 aliphatic carbocycles. The van der Waals surface area contributed by atoms with Crippen LogP contribution in [0.2, 0.25) is 5.02 Å². The standard InChI is InChI=1S/C15H15ClFNO2S/c1-10(18-15-13(16)4-3-5-14(15)17)11-6-8-12(9-7-11)21(2,19)20/h3-10,18H,1-2H3. The molecule has 2 rings (SSSR count). The van der Waals surface area contributed by atoms with E-state index in [0.717, 1.165) is 11.8 Å². The quantitative estimate of drug-likeness (QED) is 0.921. The lowest BCUT2D eigenvalue weighted by molar-refractivity contribution is 0.602. The van der Waals surface area contributed by atoms with Gasteiger partial charge in [-0.25, -0.2) is 12.8 Å². The molecule has 0 aromatic heterocycles. The fourth-order valence-electron chi connectivity index (χ4n) is 1.94. The summed E-state index contributed by atoms with van der Waals surface area (Å²) in [5, 5.41) is 3.30. The number of hydrogen-bond acceptors (Lipinski definition) is 3. The maximum Gasteiger partial charge on any atom is 0.175 e. The molecular weight excluding hydrogens is 313 g/mol. The summed E-state index contributed by atoms with van der Waals surface area (Å²) in [5.41, 5.74) is 1.07. The van der Waals surface area contributed by atoms with Crippen LogP contribution in [-0.4, -0.2) is 14.7 Å². The Morgan fingerprint density at radius 3 is 2.29 bits per heavy atom. The van der Waals surface area contributed by atoms with E-state index in [9.17, 15) is 12.8 Å². The summed E-state index contributed by atoms with van der Waals surface area (Å²) in [6.45, 7) is 1.85. The minimum absolute atomic E-state index is 0.215. The van der Waals surface area contributed by atoms with E-state index in [2.05, 4.69) is 5.32 Å². The van der Waals surface area contributed by atoms with Gasteiger partial charge in [0.2, 0.25) is 0 Å². The Kier molecular flexibility index (Phi) is 4.54. The highest BCUT2D eigenvalue weighted by atomic mass is 35.5. The fourth-order valence-corrected chi connectivity index (χ4v) is 2.79. The number of rotatable bonds is 4. The third-order valence-electron chi connectivity index (χ3n) is 3.13. The van der Waals surface area contributed by atoms with Gasteiger partial charge in [0.1, 0.15) is 5.82 Å². The van der Waals surface area contributed by atoms with Crippen molar-refractivity contribution in [2.24, 2.45) is 0 Å². The van der Waals surface area contributed by atoms with Crippen molar-refractivity contribution in [3.63, 3.8) is 0 Å². The Bertz CT molecular complexity index is 725. The van der Waals surface area contributed by atoms with Crippen LogP contribution in [0.25, 0.3) is 0 Å². The van der Waals surface area contributed by atoms with Crippen molar-refractivity contribution >= 4 is 27.1 Å². The molecule has 21 heavy (non-hydrogen) atoms. The smallest absolute Gasteiger partial charge is 0.175 e. The Hall–Kier alpha value is -1.59. The van der Waals surface area contributed by atoms with Crippen LogP contribution in [0.15, 0.2) is 47.4 Å². The topological polar surface area (TPSA) is 46.2 Å². The molecule has 1 atom stereocenters. The van der Waals surface area contributed by atoms with Gasteiger partial charge in [0.15, 0.2) is 9.84 Å². The van der Waals surface area contributed by atoms with Gasteiger partial charge in [-0.2, -0.15) is 0 Å². The summed E-state index contributed by atoms with van der Waals surface area (Å²) in [5.74, 6) is -0.429. The second-order valence-electron chi connectivity index (χ2n) is 4.80. The normalized spacial score (nSPS) is 13.0. The second-order valence-corrected chi connectivity index (χ2v) is 7.23. The van der Waals surface area contributed by atoms with Crippen LogP contribution in [0, 0.1) is 5.82 Å². The monoisotopic (exact) mass is 327 g/mol. The summed E-state index contributed by atoms with van der Waals surface area (Å²) < 4.78 is 36.5. The van der Waals surface area contributed by atoms with Crippen LogP contribution in [-0.2, 0) is 9.84 Å². The van der Waals surface area contributed by atoms with E-state index in [1.807, 2.05) is 6.92 Å². The molecule has 0 spiro atoms. The average Bonchev–Trinajstić information content (AvgIpc) is 2.42. The SMILES string of the molecule is CC(Nc1c(F)cccc1Cl)c1ccc(S(C)(=O)=O)cc1. The lowest BCUT2D eigenvalue weighted by Gasteiger charge is -2.17. The minimum atomic E-state index is -3.22. The molecule has 2 aromatic rings. The molecule has 0 aliphatic rings. The fraction of sp³-hybridized carbons (Fsp3) is 0.200. The average molecular weight is 328 g/mol. The van der Waals surface area contributed by atoms with Crippen molar-refractivity contribution in [2.75, 3.05) is 11.6 Å². The highest BCUT2D eigenvalue weighted by molar-refractivity contribution is 7.90. The minimum Gasteiger partial charge on any atom is -0.375 e. The van der Waals surface area contributed by atoms with Gasteiger partial charge in [0.05, 0.1) is 15.6 Å². The second kappa shape index (κ2) is 6.03. The molecule has 0 heterocycles. The summed E-state index contributed by atoms with van der Waals surface area (Å²) >= 11 is 5.96. The number of sulfone groups is 1. The molecule has 0 bridgehead atoms. The van der Waals surface area contributed by atoms with Crippen molar-refractivity contribution < 1.29 is 12.8 Å². The first-order valence-corrected chi connectivity index (χ1v) is 8.56. The zero-order valence-electron chi connectivity index (χ0n) is 11.6. The molecule has 112 valence electrons. The highest BCUT2D eigenvalue weighted by Gasteiger charge is 2.13. The van der Waals surface area contributed by atoms with Gasteiger partial charge in [0, 0.05) is 12.3 Å². The molecule has 0 aliphatic heterocycles. The molecule has 1 N–H and O–H groups in total. The number of anilines is 1. The van der Waals surface area contributed by atoms with Crippen LogP contribution >= 0.6 is 11.6 Å². The first-order chi connectivity index (χ1) is 9.79. The molecular formula is C15H15ClFNO2S. The molecule has 6 heteroatoms. The van der Waals surface area contributed by atoms with E-state index >= 15 is 0 Å². The van der Waals surface area contributed by atoms with Gasteiger partial charge >= 0.3 is 0 Å². The van der Waals surface area contributed by atoms with Crippen molar-refractivity contribution in [1.82, 2.24) is 0 Å². The van der Waals surface area contributed by atoms with Gasteiger partial charge in [-0.3, -0.25) is 0 Å². The van der Waals surface area contributed by atoms with E-state index in [0.29, 0.717) is 5.02 Å². The van der Waals surface area contributed by atoms with Crippen molar-refractivity contribution in [2.45, 2.75) is 17.9 Å². The van der Waals surface area contributed by atoms with Crippen LogP contribution < -0.4 is 5.32 Å². The lowest BCUT2D eigenvalue weighted by atomic mass is 10.1. The zero-order valence-corrected chi connectivity index (χ0v) is 13.2. The van der Waals surface area contributed by atoms with E-state index in [4.69, 9.17) is 11.6 Å². The number of halogens is 2. The van der Waals surface area contributed by atoms with Gasteiger partial charge in [-0.1, -0.05) is 29.8 Å². The Balaban J connectivity index is 2.23. The molecule has 3 nitrogen and oxygen atoms in total. The number of hydrogen-bond donors (Lipinski definition) is 1. The molecule has 0 amide bonds. The van der Waals surface area contributed by atoms with Crippen molar-refractivity contribution in [3.05, 3.63) is 58.9 Å². The summed E-state index contributed by atoms with van der Waals surface area (Å²) in [6, 6.07) is 10.7. The maximum atomic E-state index is 13.7. The van der Waals surface area contributed by atoms with Gasteiger partial charge in [-0.15, -0.1) is 0 Å². The zero-order chi connectivity index (χ0) is 15.6. The summed E-state index contributed by atoms with van der Waals surface area (Å²) in [4.78, 5) is 0.252. The van der Waals surface area contributed by atoms with Crippen LogP contribution in [0.3, 0.4) is 0 Å². The first kappa shape index (κ1) is 15.8. The summed E-state index contributed by atoms with van der Waals surface area (Å²) in [7, 11) is -3.22. The Morgan fingerprint density at radius 2 is 1.76 bits per heavy atom. The molecule has 2 aromatic carbocycles. The molecule has 0 radical (unpaired) electrons. The molecule has 0 fully saturated rings. The molecule has 0 saturated carbocycles. The third-order valence-corrected chi connectivity index (χ3v) is 4.58. The number of benzene rings is 2. The lowest BCUT2D eigenvalue weighted by Crippen LogP contribution is -2.09.